The predicted octanol–water partition coefficient (Wildman–Crippen LogP) is 2.05. The molecule has 0 saturated carbocycles. The Balaban J connectivity index is 1.98. The molecule has 0 aliphatic rings. The molecule has 0 saturated heterocycles. The number of hydrogen-bond donors (Lipinski definition) is 2. The van der Waals surface area contributed by atoms with Gasteiger partial charge in [-0.25, -0.2) is 0 Å². The van der Waals surface area contributed by atoms with Crippen LogP contribution in [0.4, 0.5) is 11.5 Å². The lowest BCUT2D eigenvalue weighted by molar-refractivity contribution is 0.745. The minimum Gasteiger partial charge on any atom is -0.394 e. The SMILES string of the molecule is CC(Cc1ccccc1)Nc1nn(C)cc1N. The molecule has 0 fully saturated rings. The van der Waals surface area contributed by atoms with Crippen LogP contribution in [0, 0.1) is 0 Å². The maximum Gasteiger partial charge on any atom is 0.171 e. The van der Waals surface area contributed by atoms with Crippen LogP contribution in [0.3, 0.4) is 0 Å². The fraction of sp³-hybridized carbons (Fsp3) is 0.308. The minimum absolute atomic E-state index is 0.301. The van der Waals surface area contributed by atoms with E-state index in [2.05, 4.69) is 41.6 Å². The molecule has 2 aromatic rings. The molecule has 3 N–H and O–H groups in total. The Morgan fingerprint density at radius 1 is 1.35 bits per heavy atom. The van der Waals surface area contributed by atoms with Crippen molar-refractivity contribution < 1.29 is 0 Å². The average molecular weight is 230 g/mol. The summed E-state index contributed by atoms with van der Waals surface area (Å²) in [4.78, 5) is 0. The van der Waals surface area contributed by atoms with Gasteiger partial charge in [-0.3, -0.25) is 4.68 Å². The van der Waals surface area contributed by atoms with E-state index < -0.39 is 0 Å². The lowest BCUT2D eigenvalue weighted by Gasteiger charge is -2.13. The highest BCUT2D eigenvalue weighted by Gasteiger charge is 2.08. The van der Waals surface area contributed by atoms with Gasteiger partial charge in [-0.2, -0.15) is 5.10 Å². The van der Waals surface area contributed by atoms with Crippen molar-refractivity contribution in [2.24, 2.45) is 7.05 Å². The van der Waals surface area contributed by atoms with Gasteiger partial charge in [0.15, 0.2) is 5.82 Å². The smallest absolute Gasteiger partial charge is 0.171 e. The highest BCUT2D eigenvalue weighted by Crippen LogP contribution is 2.16. The molecule has 1 aromatic heterocycles. The number of rotatable bonds is 4. The van der Waals surface area contributed by atoms with Crippen LogP contribution in [0.25, 0.3) is 0 Å². The van der Waals surface area contributed by atoms with E-state index in [-0.39, 0.29) is 0 Å². The third-order valence-corrected chi connectivity index (χ3v) is 2.62. The van der Waals surface area contributed by atoms with Gasteiger partial charge in [-0.05, 0) is 18.9 Å². The molecule has 0 amide bonds. The molecule has 4 heteroatoms. The van der Waals surface area contributed by atoms with Gasteiger partial charge in [-0.1, -0.05) is 30.3 Å². The van der Waals surface area contributed by atoms with Crippen molar-refractivity contribution in [3.05, 3.63) is 42.1 Å². The van der Waals surface area contributed by atoms with Crippen LogP contribution in [0.5, 0.6) is 0 Å². The summed E-state index contributed by atoms with van der Waals surface area (Å²) < 4.78 is 1.72. The largest absolute Gasteiger partial charge is 0.394 e. The lowest BCUT2D eigenvalue weighted by atomic mass is 10.1. The summed E-state index contributed by atoms with van der Waals surface area (Å²) in [6.07, 6.45) is 2.76. The fourth-order valence-electron chi connectivity index (χ4n) is 1.87. The fourth-order valence-corrected chi connectivity index (χ4v) is 1.87. The first-order chi connectivity index (χ1) is 8.15. The van der Waals surface area contributed by atoms with Crippen molar-refractivity contribution in [2.45, 2.75) is 19.4 Å². The quantitative estimate of drug-likeness (QED) is 0.845. The molecule has 4 nitrogen and oxygen atoms in total. The van der Waals surface area contributed by atoms with Gasteiger partial charge in [0.1, 0.15) is 0 Å². The second-order valence-electron chi connectivity index (χ2n) is 4.34. The second kappa shape index (κ2) is 4.91. The highest BCUT2D eigenvalue weighted by atomic mass is 15.3. The summed E-state index contributed by atoms with van der Waals surface area (Å²) in [5.74, 6) is 0.760. The molecular weight excluding hydrogens is 212 g/mol. The number of hydrogen-bond acceptors (Lipinski definition) is 3. The molecule has 2 rings (SSSR count). The summed E-state index contributed by atoms with van der Waals surface area (Å²) >= 11 is 0. The van der Waals surface area contributed by atoms with Gasteiger partial charge in [0.25, 0.3) is 0 Å². The number of aromatic nitrogens is 2. The van der Waals surface area contributed by atoms with Crippen molar-refractivity contribution in [3.8, 4) is 0 Å². The van der Waals surface area contributed by atoms with E-state index in [9.17, 15) is 0 Å². The molecule has 1 aromatic carbocycles. The number of nitrogen functional groups attached to an aromatic ring is 1. The second-order valence-corrected chi connectivity index (χ2v) is 4.34. The summed E-state index contributed by atoms with van der Waals surface area (Å²) in [5, 5.41) is 7.59. The maximum absolute atomic E-state index is 5.84. The van der Waals surface area contributed by atoms with Crippen molar-refractivity contribution in [3.63, 3.8) is 0 Å². The van der Waals surface area contributed by atoms with Gasteiger partial charge in [0.05, 0.1) is 5.69 Å². The molecule has 0 aliphatic carbocycles. The first kappa shape index (κ1) is 11.5. The Morgan fingerprint density at radius 2 is 2.06 bits per heavy atom. The van der Waals surface area contributed by atoms with Crippen LogP contribution in [-0.4, -0.2) is 15.8 Å². The van der Waals surface area contributed by atoms with Gasteiger partial charge in [-0.15, -0.1) is 0 Å². The zero-order valence-electron chi connectivity index (χ0n) is 10.2. The maximum atomic E-state index is 5.84. The van der Waals surface area contributed by atoms with E-state index in [1.807, 2.05) is 13.1 Å². The van der Waals surface area contributed by atoms with Gasteiger partial charge >= 0.3 is 0 Å². The molecule has 1 atom stereocenters. The van der Waals surface area contributed by atoms with Gasteiger partial charge in [0.2, 0.25) is 0 Å². The minimum atomic E-state index is 0.301. The molecule has 0 bridgehead atoms. The summed E-state index contributed by atoms with van der Waals surface area (Å²) in [6.45, 7) is 2.13. The Labute approximate surface area is 101 Å². The Bertz CT molecular complexity index is 475. The first-order valence-electron chi connectivity index (χ1n) is 5.74. The molecular formula is C13H18N4. The first-order valence-corrected chi connectivity index (χ1v) is 5.74. The number of anilines is 2. The van der Waals surface area contributed by atoms with Crippen LogP contribution < -0.4 is 11.1 Å². The molecule has 90 valence electrons. The molecule has 0 spiro atoms. The Hall–Kier alpha value is -1.97. The predicted molar refractivity (Wildman–Crippen MR) is 70.9 cm³/mol. The number of nitrogens with one attached hydrogen (secondary N) is 1. The number of nitrogens with two attached hydrogens (primary N) is 1. The number of aryl methyl sites for hydroxylation is 1. The van der Waals surface area contributed by atoms with Gasteiger partial charge in [0, 0.05) is 19.3 Å². The van der Waals surface area contributed by atoms with Crippen molar-refractivity contribution in [1.82, 2.24) is 9.78 Å². The summed E-state index contributed by atoms with van der Waals surface area (Å²) in [6, 6.07) is 10.7. The third kappa shape index (κ3) is 3.00. The zero-order valence-corrected chi connectivity index (χ0v) is 10.2. The van der Waals surface area contributed by atoms with Gasteiger partial charge < -0.3 is 11.1 Å². The normalized spacial score (nSPS) is 12.4. The molecule has 1 unspecified atom stereocenters. The zero-order chi connectivity index (χ0) is 12.3. The number of nitrogens with zero attached hydrogens (tertiary/aromatic N) is 2. The van der Waals surface area contributed by atoms with Crippen molar-refractivity contribution in [2.75, 3.05) is 11.1 Å². The van der Waals surface area contributed by atoms with Crippen LogP contribution >= 0.6 is 0 Å². The average Bonchev–Trinajstić information content (AvgIpc) is 2.58. The lowest BCUT2D eigenvalue weighted by Crippen LogP contribution is -2.19. The van der Waals surface area contributed by atoms with Crippen LogP contribution in [0.1, 0.15) is 12.5 Å². The Kier molecular flexibility index (Phi) is 3.32. The summed E-state index contributed by atoms with van der Waals surface area (Å²) in [7, 11) is 1.86. The van der Waals surface area contributed by atoms with E-state index in [1.54, 1.807) is 10.9 Å². The van der Waals surface area contributed by atoms with E-state index >= 15 is 0 Å². The molecule has 0 radical (unpaired) electrons. The van der Waals surface area contributed by atoms with E-state index in [0.717, 1.165) is 12.2 Å². The topological polar surface area (TPSA) is 55.9 Å². The monoisotopic (exact) mass is 230 g/mol. The van der Waals surface area contributed by atoms with E-state index in [4.69, 9.17) is 5.73 Å². The molecule has 0 aliphatic heterocycles. The van der Waals surface area contributed by atoms with E-state index in [0.29, 0.717) is 11.7 Å². The third-order valence-electron chi connectivity index (χ3n) is 2.62. The number of benzene rings is 1. The van der Waals surface area contributed by atoms with Crippen LogP contribution in [0.15, 0.2) is 36.5 Å². The highest BCUT2D eigenvalue weighted by molar-refractivity contribution is 5.60. The standard InChI is InChI=1S/C13H18N4/c1-10(8-11-6-4-3-5-7-11)15-13-12(14)9-17(2)16-13/h3-7,9-10H,8,14H2,1-2H3,(H,15,16). The van der Waals surface area contributed by atoms with E-state index in [1.165, 1.54) is 5.56 Å². The van der Waals surface area contributed by atoms with Crippen molar-refractivity contribution in [1.29, 1.82) is 0 Å². The van der Waals surface area contributed by atoms with Crippen LogP contribution in [-0.2, 0) is 13.5 Å². The Morgan fingerprint density at radius 3 is 2.65 bits per heavy atom. The molecule has 17 heavy (non-hydrogen) atoms. The molecule has 1 heterocycles. The van der Waals surface area contributed by atoms with Crippen LogP contribution in [0.2, 0.25) is 0 Å². The summed E-state index contributed by atoms with van der Waals surface area (Å²) in [5.41, 5.74) is 7.83. The van der Waals surface area contributed by atoms with Crippen molar-refractivity contribution >= 4 is 11.5 Å².